The number of nitrogens with zero attached hydrogens (tertiary/aromatic N) is 2. The fraction of sp³-hybridized carbons (Fsp3) is 0.393. The van der Waals surface area contributed by atoms with E-state index < -0.39 is 5.97 Å². The van der Waals surface area contributed by atoms with Crippen molar-refractivity contribution in [3.8, 4) is 22.8 Å². The third-order valence-corrected chi connectivity index (χ3v) is 6.62. The van der Waals surface area contributed by atoms with E-state index in [4.69, 9.17) is 14.5 Å². The molecule has 0 saturated heterocycles. The molecule has 0 aliphatic heterocycles. The molecule has 1 N–H and O–H groups in total. The van der Waals surface area contributed by atoms with Crippen molar-refractivity contribution in [2.24, 2.45) is 5.92 Å². The lowest BCUT2D eigenvalue weighted by Crippen LogP contribution is -2.09. The minimum absolute atomic E-state index is 0.00453. The van der Waals surface area contributed by atoms with Crippen LogP contribution in [0.25, 0.3) is 11.3 Å². The molecule has 1 heterocycles. The van der Waals surface area contributed by atoms with Gasteiger partial charge < -0.3 is 14.6 Å². The van der Waals surface area contributed by atoms with Gasteiger partial charge in [0.2, 0.25) is 0 Å². The van der Waals surface area contributed by atoms with E-state index in [1.165, 1.54) is 6.07 Å². The van der Waals surface area contributed by atoms with Crippen LogP contribution in [0.1, 0.15) is 68.3 Å². The Morgan fingerprint density at radius 3 is 2.69 bits per heavy atom. The first-order chi connectivity index (χ1) is 16.9. The smallest absolute Gasteiger partial charge is 0.303 e. The van der Waals surface area contributed by atoms with Crippen LogP contribution in [0, 0.1) is 11.7 Å². The Bertz CT molecular complexity index is 1200. The SMILES string of the molecule is CCC(C)c1nc(COc2cccc([C@@H](CC(=O)O)C3CC3)c2)cnc1-c1cc(OC)ccc1F. The van der Waals surface area contributed by atoms with Gasteiger partial charge in [-0.1, -0.05) is 26.0 Å². The van der Waals surface area contributed by atoms with Crippen LogP contribution in [0.4, 0.5) is 4.39 Å². The molecule has 7 heteroatoms. The fourth-order valence-electron chi connectivity index (χ4n) is 4.30. The van der Waals surface area contributed by atoms with Crippen LogP contribution in [0.3, 0.4) is 0 Å². The van der Waals surface area contributed by atoms with E-state index in [2.05, 4.69) is 11.9 Å². The first-order valence-electron chi connectivity index (χ1n) is 12.0. The highest BCUT2D eigenvalue weighted by atomic mass is 19.1. The van der Waals surface area contributed by atoms with Crippen LogP contribution in [0.15, 0.2) is 48.7 Å². The first kappa shape index (κ1) is 24.6. The Kier molecular flexibility index (Phi) is 7.63. The summed E-state index contributed by atoms with van der Waals surface area (Å²) in [5.74, 6) is 0.554. The zero-order valence-corrected chi connectivity index (χ0v) is 20.3. The number of carbonyl (C=O) groups is 1. The minimum Gasteiger partial charge on any atom is -0.497 e. The van der Waals surface area contributed by atoms with E-state index in [1.807, 2.05) is 31.2 Å². The molecule has 0 radical (unpaired) electrons. The first-order valence-corrected chi connectivity index (χ1v) is 12.0. The summed E-state index contributed by atoms with van der Waals surface area (Å²) in [5.41, 5.74) is 3.20. The molecule has 2 aromatic carbocycles. The Morgan fingerprint density at radius 1 is 1.20 bits per heavy atom. The van der Waals surface area contributed by atoms with Crippen LogP contribution in [0.5, 0.6) is 11.5 Å². The van der Waals surface area contributed by atoms with E-state index >= 15 is 0 Å². The lowest BCUT2D eigenvalue weighted by Gasteiger charge is -2.17. The number of rotatable bonds is 11. The summed E-state index contributed by atoms with van der Waals surface area (Å²) >= 11 is 0. The van der Waals surface area contributed by atoms with Crippen LogP contribution < -0.4 is 9.47 Å². The zero-order valence-electron chi connectivity index (χ0n) is 20.3. The van der Waals surface area contributed by atoms with E-state index in [1.54, 1.807) is 25.4 Å². The van der Waals surface area contributed by atoms with Crippen molar-refractivity contribution >= 4 is 5.97 Å². The highest BCUT2D eigenvalue weighted by molar-refractivity contribution is 5.68. The van der Waals surface area contributed by atoms with Gasteiger partial charge in [-0.05, 0) is 67.0 Å². The summed E-state index contributed by atoms with van der Waals surface area (Å²) in [6.45, 7) is 4.30. The Morgan fingerprint density at radius 2 is 2.00 bits per heavy atom. The second-order valence-electron chi connectivity index (χ2n) is 9.15. The topological polar surface area (TPSA) is 81.5 Å². The van der Waals surface area contributed by atoms with E-state index in [0.717, 1.165) is 24.8 Å². The Hall–Kier alpha value is -3.48. The summed E-state index contributed by atoms with van der Waals surface area (Å²) in [6, 6.07) is 12.2. The molecule has 1 aromatic heterocycles. The second-order valence-corrected chi connectivity index (χ2v) is 9.15. The fourth-order valence-corrected chi connectivity index (χ4v) is 4.30. The molecule has 0 amide bonds. The highest BCUT2D eigenvalue weighted by Gasteiger charge is 2.33. The van der Waals surface area contributed by atoms with Gasteiger partial charge in [0, 0.05) is 11.5 Å². The number of benzene rings is 2. The van der Waals surface area contributed by atoms with Gasteiger partial charge in [0.1, 0.15) is 23.9 Å². The van der Waals surface area contributed by atoms with Gasteiger partial charge in [0.05, 0.1) is 36.8 Å². The van der Waals surface area contributed by atoms with Crippen LogP contribution in [-0.4, -0.2) is 28.2 Å². The monoisotopic (exact) mass is 478 g/mol. The van der Waals surface area contributed by atoms with Gasteiger partial charge in [0.25, 0.3) is 0 Å². The number of ether oxygens (including phenoxy) is 2. The molecular formula is C28H31FN2O4. The van der Waals surface area contributed by atoms with Crippen molar-refractivity contribution in [2.45, 2.75) is 58.0 Å². The van der Waals surface area contributed by atoms with Gasteiger partial charge in [-0.2, -0.15) is 0 Å². The van der Waals surface area contributed by atoms with E-state index in [9.17, 15) is 14.3 Å². The molecule has 4 rings (SSSR count). The number of hydrogen-bond acceptors (Lipinski definition) is 5. The van der Waals surface area contributed by atoms with Crippen molar-refractivity contribution in [1.82, 2.24) is 9.97 Å². The average molecular weight is 479 g/mol. The van der Waals surface area contributed by atoms with Crippen molar-refractivity contribution in [3.63, 3.8) is 0 Å². The lowest BCUT2D eigenvalue weighted by atomic mass is 9.91. The van der Waals surface area contributed by atoms with Crippen molar-refractivity contribution in [3.05, 3.63) is 71.4 Å². The molecule has 1 aliphatic carbocycles. The van der Waals surface area contributed by atoms with Gasteiger partial charge in [-0.3, -0.25) is 14.8 Å². The molecule has 6 nitrogen and oxygen atoms in total. The van der Waals surface area contributed by atoms with Gasteiger partial charge >= 0.3 is 5.97 Å². The molecule has 1 aliphatic rings. The van der Waals surface area contributed by atoms with Crippen molar-refractivity contribution < 1.29 is 23.8 Å². The molecule has 1 saturated carbocycles. The molecule has 1 fully saturated rings. The maximum absolute atomic E-state index is 14.7. The highest BCUT2D eigenvalue weighted by Crippen LogP contribution is 2.45. The predicted octanol–water partition coefficient (Wildman–Crippen LogP) is 6.35. The summed E-state index contributed by atoms with van der Waals surface area (Å²) in [5, 5.41) is 9.31. The number of aromatic nitrogens is 2. The molecule has 184 valence electrons. The quantitative estimate of drug-likeness (QED) is 0.346. The summed E-state index contributed by atoms with van der Waals surface area (Å²) in [4.78, 5) is 20.7. The molecular weight excluding hydrogens is 447 g/mol. The van der Waals surface area contributed by atoms with Crippen LogP contribution in [-0.2, 0) is 11.4 Å². The summed E-state index contributed by atoms with van der Waals surface area (Å²) < 4.78 is 26.0. The van der Waals surface area contributed by atoms with E-state index in [0.29, 0.717) is 40.1 Å². The van der Waals surface area contributed by atoms with Gasteiger partial charge in [-0.25, -0.2) is 4.39 Å². The number of methoxy groups -OCH3 is 1. The molecule has 0 bridgehead atoms. The van der Waals surface area contributed by atoms with Crippen LogP contribution >= 0.6 is 0 Å². The minimum atomic E-state index is -0.784. The summed E-state index contributed by atoms with van der Waals surface area (Å²) in [6.07, 6.45) is 4.70. The normalized spacial score (nSPS) is 14.9. The lowest BCUT2D eigenvalue weighted by molar-refractivity contribution is -0.137. The molecule has 2 atom stereocenters. The standard InChI is InChI=1S/C28H31FN2O4/c1-4-17(2)27-28(24-13-21(34-3)10-11-25(24)29)30-15-20(31-27)16-35-22-7-5-6-19(12-22)23(14-26(32)33)18-8-9-18/h5-7,10-13,15,17-18,23H,4,8-9,14,16H2,1-3H3,(H,32,33)/t17?,23-/m0/s1. The molecule has 0 spiro atoms. The molecule has 1 unspecified atom stereocenters. The number of halogens is 1. The van der Waals surface area contributed by atoms with Crippen LogP contribution in [0.2, 0.25) is 0 Å². The maximum atomic E-state index is 14.7. The zero-order chi connectivity index (χ0) is 24.9. The predicted molar refractivity (Wildman–Crippen MR) is 131 cm³/mol. The number of aliphatic carboxylic acids is 1. The van der Waals surface area contributed by atoms with Crippen molar-refractivity contribution in [2.75, 3.05) is 7.11 Å². The van der Waals surface area contributed by atoms with E-state index in [-0.39, 0.29) is 30.7 Å². The second kappa shape index (κ2) is 10.8. The Balaban J connectivity index is 1.56. The third-order valence-electron chi connectivity index (χ3n) is 6.62. The maximum Gasteiger partial charge on any atom is 0.303 e. The van der Waals surface area contributed by atoms with Crippen molar-refractivity contribution in [1.29, 1.82) is 0 Å². The summed E-state index contributed by atoms with van der Waals surface area (Å²) in [7, 11) is 1.54. The molecule has 35 heavy (non-hydrogen) atoms. The van der Waals surface area contributed by atoms with Gasteiger partial charge in [-0.15, -0.1) is 0 Å². The number of hydrogen-bond donors (Lipinski definition) is 1. The molecule has 3 aromatic rings. The largest absolute Gasteiger partial charge is 0.497 e. The third kappa shape index (κ3) is 5.96. The number of carboxylic acid groups (broad SMARTS) is 1. The Labute approximate surface area is 205 Å². The van der Waals surface area contributed by atoms with Gasteiger partial charge in [0.15, 0.2) is 0 Å². The number of carboxylic acids is 1. The average Bonchev–Trinajstić information content (AvgIpc) is 3.71.